The summed E-state index contributed by atoms with van der Waals surface area (Å²) in [5, 5.41) is 9.63. The number of carbonyl (C=O) groups is 1. The lowest BCUT2D eigenvalue weighted by molar-refractivity contribution is -0.136. The van der Waals surface area contributed by atoms with Crippen LogP contribution in [0.5, 0.6) is 5.75 Å². The number of aliphatic carboxylic acids is 1. The Labute approximate surface area is 98.9 Å². The van der Waals surface area contributed by atoms with E-state index in [0.29, 0.717) is 12.2 Å². The summed E-state index contributed by atoms with van der Waals surface area (Å²) < 4.78 is 5.23. The molecule has 1 N–H and O–H groups in total. The maximum absolute atomic E-state index is 10.5. The van der Waals surface area contributed by atoms with Crippen molar-refractivity contribution in [1.82, 2.24) is 4.98 Å². The quantitative estimate of drug-likeness (QED) is 0.876. The van der Waals surface area contributed by atoms with Gasteiger partial charge in [0.2, 0.25) is 0 Å². The SMILES string of the molecule is COc1cccc2ccc(CCC(=O)O)nc12. The van der Waals surface area contributed by atoms with Crippen LogP contribution >= 0.6 is 0 Å². The Morgan fingerprint density at radius 1 is 1.35 bits per heavy atom. The lowest BCUT2D eigenvalue weighted by Gasteiger charge is -2.06. The molecule has 1 aromatic carbocycles. The van der Waals surface area contributed by atoms with Crippen molar-refractivity contribution in [3.8, 4) is 5.75 Å². The zero-order valence-corrected chi connectivity index (χ0v) is 9.51. The number of methoxy groups -OCH3 is 1. The van der Waals surface area contributed by atoms with E-state index >= 15 is 0 Å². The number of ether oxygens (including phenoxy) is 1. The fraction of sp³-hybridized carbons (Fsp3) is 0.231. The number of fused-ring (bicyclic) bond motifs is 1. The monoisotopic (exact) mass is 231 g/mol. The van der Waals surface area contributed by atoms with Gasteiger partial charge in [-0.2, -0.15) is 0 Å². The number of benzene rings is 1. The highest BCUT2D eigenvalue weighted by atomic mass is 16.5. The highest BCUT2D eigenvalue weighted by molar-refractivity contribution is 5.84. The van der Waals surface area contributed by atoms with E-state index in [1.165, 1.54) is 0 Å². The van der Waals surface area contributed by atoms with Crippen molar-refractivity contribution in [3.63, 3.8) is 0 Å². The van der Waals surface area contributed by atoms with Crippen molar-refractivity contribution in [1.29, 1.82) is 0 Å². The minimum absolute atomic E-state index is 0.0909. The minimum atomic E-state index is -0.813. The molecule has 1 heterocycles. The molecule has 0 amide bonds. The van der Waals surface area contributed by atoms with Crippen LogP contribution in [0.4, 0.5) is 0 Å². The molecule has 0 aliphatic rings. The second-order valence-electron chi connectivity index (χ2n) is 3.73. The molecule has 0 saturated carbocycles. The Balaban J connectivity index is 2.37. The summed E-state index contributed by atoms with van der Waals surface area (Å²) in [7, 11) is 1.60. The van der Waals surface area contributed by atoms with Crippen LogP contribution in [0.1, 0.15) is 12.1 Å². The Morgan fingerprint density at radius 2 is 2.18 bits per heavy atom. The van der Waals surface area contributed by atoms with Crippen molar-refractivity contribution in [2.24, 2.45) is 0 Å². The average Bonchev–Trinajstić information content (AvgIpc) is 2.35. The number of carboxylic acid groups (broad SMARTS) is 1. The Morgan fingerprint density at radius 3 is 2.88 bits per heavy atom. The molecule has 0 radical (unpaired) electrons. The second-order valence-corrected chi connectivity index (χ2v) is 3.73. The molecule has 0 aliphatic heterocycles. The zero-order valence-electron chi connectivity index (χ0n) is 9.51. The van der Waals surface area contributed by atoms with Crippen LogP contribution in [0.25, 0.3) is 10.9 Å². The van der Waals surface area contributed by atoms with Gasteiger partial charge in [-0.25, -0.2) is 4.98 Å². The number of hydrogen-bond donors (Lipinski definition) is 1. The summed E-state index contributed by atoms with van der Waals surface area (Å²) in [4.78, 5) is 14.9. The van der Waals surface area contributed by atoms with Gasteiger partial charge in [-0.05, 0) is 12.1 Å². The van der Waals surface area contributed by atoms with Gasteiger partial charge in [0.1, 0.15) is 11.3 Å². The number of hydrogen-bond acceptors (Lipinski definition) is 3. The number of aryl methyl sites for hydroxylation is 1. The van der Waals surface area contributed by atoms with E-state index in [0.717, 1.165) is 16.6 Å². The summed E-state index contributed by atoms with van der Waals surface area (Å²) in [5.41, 5.74) is 1.54. The normalized spacial score (nSPS) is 10.4. The van der Waals surface area contributed by atoms with Gasteiger partial charge >= 0.3 is 5.97 Å². The molecule has 2 rings (SSSR count). The van der Waals surface area contributed by atoms with E-state index < -0.39 is 5.97 Å². The van der Waals surface area contributed by atoms with Crippen LogP contribution in [0.15, 0.2) is 30.3 Å². The Bertz CT molecular complexity index is 551. The van der Waals surface area contributed by atoms with E-state index in [9.17, 15) is 4.79 Å². The predicted molar refractivity (Wildman–Crippen MR) is 64.3 cm³/mol. The van der Waals surface area contributed by atoms with Crippen LogP contribution < -0.4 is 4.74 Å². The molecule has 88 valence electrons. The second kappa shape index (κ2) is 4.82. The first-order valence-corrected chi connectivity index (χ1v) is 5.35. The van der Waals surface area contributed by atoms with E-state index in [-0.39, 0.29) is 6.42 Å². The minimum Gasteiger partial charge on any atom is -0.494 e. The lowest BCUT2D eigenvalue weighted by atomic mass is 10.1. The predicted octanol–water partition coefficient (Wildman–Crippen LogP) is 2.26. The number of para-hydroxylation sites is 1. The first-order chi connectivity index (χ1) is 8.20. The van der Waals surface area contributed by atoms with Gasteiger partial charge < -0.3 is 9.84 Å². The standard InChI is InChI=1S/C13H13NO3/c1-17-11-4-2-3-9-5-6-10(14-13(9)11)7-8-12(15)16/h2-6H,7-8H2,1H3,(H,15,16). The van der Waals surface area contributed by atoms with Crippen LogP contribution in [0.3, 0.4) is 0 Å². The van der Waals surface area contributed by atoms with Gasteiger partial charge in [0.25, 0.3) is 0 Å². The molecule has 0 atom stereocenters. The molecule has 0 unspecified atom stereocenters. The van der Waals surface area contributed by atoms with Gasteiger partial charge in [0.05, 0.1) is 13.5 Å². The van der Waals surface area contributed by atoms with E-state index in [2.05, 4.69) is 4.98 Å². The van der Waals surface area contributed by atoms with Crippen molar-refractivity contribution in [3.05, 3.63) is 36.0 Å². The lowest BCUT2D eigenvalue weighted by Crippen LogP contribution is -1.99. The van der Waals surface area contributed by atoms with Crippen LogP contribution in [-0.2, 0) is 11.2 Å². The Kier molecular flexibility index (Phi) is 3.23. The molecule has 4 heteroatoms. The van der Waals surface area contributed by atoms with E-state index in [1.807, 2.05) is 30.3 Å². The molecule has 0 saturated heterocycles. The number of aromatic nitrogens is 1. The van der Waals surface area contributed by atoms with Gasteiger partial charge in [-0.1, -0.05) is 18.2 Å². The topological polar surface area (TPSA) is 59.4 Å². The molecule has 17 heavy (non-hydrogen) atoms. The van der Waals surface area contributed by atoms with E-state index in [4.69, 9.17) is 9.84 Å². The number of nitrogens with zero attached hydrogens (tertiary/aromatic N) is 1. The molecule has 0 aliphatic carbocycles. The molecule has 0 bridgehead atoms. The molecule has 0 spiro atoms. The molecular formula is C13H13NO3. The summed E-state index contributed by atoms with van der Waals surface area (Å²) in [6.07, 6.45) is 0.525. The zero-order chi connectivity index (χ0) is 12.3. The summed E-state index contributed by atoms with van der Waals surface area (Å²) in [5.74, 6) is -0.105. The fourth-order valence-corrected chi connectivity index (χ4v) is 1.70. The first kappa shape index (κ1) is 11.4. The van der Waals surface area contributed by atoms with Crippen molar-refractivity contribution in [2.45, 2.75) is 12.8 Å². The number of carboxylic acids is 1. The van der Waals surface area contributed by atoms with Crippen LogP contribution in [0.2, 0.25) is 0 Å². The number of rotatable bonds is 4. The largest absolute Gasteiger partial charge is 0.494 e. The molecule has 4 nitrogen and oxygen atoms in total. The maximum atomic E-state index is 10.5. The van der Waals surface area contributed by atoms with Crippen LogP contribution in [-0.4, -0.2) is 23.2 Å². The van der Waals surface area contributed by atoms with Gasteiger partial charge in [0, 0.05) is 17.5 Å². The highest BCUT2D eigenvalue weighted by Gasteiger charge is 2.05. The van der Waals surface area contributed by atoms with Crippen LogP contribution in [0, 0.1) is 0 Å². The Hall–Kier alpha value is -2.10. The summed E-state index contributed by atoms with van der Waals surface area (Å²) in [6, 6.07) is 9.48. The fourth-order valence-electron chi connectivity index (χ4n) is 1.70. The summed E-state index contributed by atoms with van der Waals surface area (Å²) >= 11 is 0. The molecular weight excluding hydrogens is 218 g/mol. The highest BCUT2D eigenvalue weighted by Crippen LogP contribution is 2.23. The van der Waals surface area contributed by atoms with E-state index in [1.54, 1.807) is 7.11 Å². The molecule has 1 aromatic heterocycles. The van der Waals surface area contributed by atoms with Gasteiger partial charge in [0.15, 0.2) is 0 Å². The van der Waals surface area contributed by atoms with Crippen molar-refractivity contribution < 1.29 is 14.6 Å². The van der Waals surface area contributed by atoms with Crippen molar-refractivity contribution >= 4 is 16.9 Å². The first-order valence-electron chi connectivity index (χ1n) is 5.35. The number of pyridine rings is 1. The van der Waals surface area contributed by atoms with Gasteiger partial charge in [-0.15, -0.1) is 0 Å². The third-order valence-corrected chi connectivity index (χ3v) is 2.56. The molecule has 0 fully saturated rings. The third kappa shape index (κ3) is 2.53. The average molecular weight is 231 g/mol. The van der Waals surface area contributed by atoms with Crippen molar-refractivity contribution in [2.75, 3.05) is 7.11 Å². The molecule has 2 aromatic rings. The maximum Gasteiger partial charge on any atom is 0.303 e. The van der Waals surface area contributed by atoms with Gasteiger partial charge in [-0.3, -0.25) is 4.79 Å². The third-order valence-electron chi connectivity index (χ3n) is 2.56. The summed E-state index contributed by atoms with van der Waals surface area (Å²) in [6.45, 7) is 0. The smallest absolute Gasteiger partial charge is 0.303 e.